The summed E-state index contributed by atoms with van der Waals surface area (Å²) in [5, 5.41) is 0. The van der Waals surface area contributed by atoms with Crippen LogP contribution >= 0.6 is 11.3 Å². The van der Waals surface area contributed by atoms with E-state index in [9.17, 15) is 9.18 Å². The molecular weight excluding hydrogens is 363 g/mol. The fourth-order valence-electron chi connectivity index (χ4n) is 2.98. The van der Waals surface area contributed by atoms with Gasteiger partial charge in [0.05, 0.1) is 23.2 Å². The number of amides is 1. The Morgan fingerprint density at radius 2 is 2.07 bits per heavy atom. The van der Waals surface area contributed by atoms with Crippen molar-refractivity contribution in [2.45, 2.75) is 33.7 Å². The van der Waals surface area contributed by atoms with Crippen molar-refractivity contribution < 1.29 is 13.9 Å². The third-order valence-corrected chi connectivity index (χ3v) is 5.43. The molecule has 3 aromatic rings. The topological polar surface area (TPSA) is 43.6 Å². The molecule has 0 saturated heterocycles. The maximum atomic E-state index is 14.4. The Morgan fingerprint density at radius 1 is 1.26 bits per heavy atom. The van der Waals surface area contributed by atoms with Gasteiger partial charge in [0.25, 0.3) is 5.91 Å². The molecule has 0 spiro atoms. The van der Waals surface area contributed by atoms with E-state index in [-0.39, 0.29) is 18.1 Å². The zero-order valence-corrected chi connectivity index (χ0v) is 16.6. The van der Waals surface area contributed by atoms with Crippen molar-refractivity contribution in [3.8, 4) is 0 Å². The van der Waals surface area contributed by atoms with Crippen LogP contribution in [0, 0.1) is 19.7 Å². The number of hydrogen-bond donors (Lipinski definition) is 0. The number of para-hydroxylation sites is 1. The number of benzene rings is 2. The number of fused-ring (bicyclic) bond motifs is 1. The summed E-state index contributed by atoms with van der Waals surface area (Å²) in [6.07, 6.45) is 0.232. The van der Waals surface area contributed by atoms with E-state index in [1.165, 1.54) is 17.4 Å². The molecule has 1 heterocycles. The molecule has 0 N–H and O–H groups in total. The summed E-state index contributed by atoms with van der Waals surface area (Å²) in [6, 6.07) is 11.0. The van der Waals surface area contributed by atoms with E-state index in [1.54, 1.807) is 10.6 Å². The minimum absolute atomic E-state index is 0.232. The average Bonchev–Trinajstić information content (AvgIpc) is 2.97. The van der Waals surface area contributed by atoms with Crippen LogP contribution in [0.25, 0.3) is 10.2 Å². The molecule has 0 aliphatic heterocycles. The van der Waals surface area contributed by atoms with E-state index in [0.29, 0.717) is 30.1 Å². The summed E-state index contributed by atoms with van der Waals surface area (Å²) >= 11 is 1.32. The summed E-state index contributed by atoms with van der Waals surface area (Å²) in [5.41, 5.74) is 3.62. The lowest BCUT2D eigenvalue weighted by atomic mass is 10.0. The molecule has 4 nitrogen and oxygen atoms in total. The van der Waals surface area contributed by atoms with Crippen LogP contribution < -0.4 is 4.80 Å². The predicted molar refractivity (Wildman–Crippen MR) is 106 cm³/mol. The van der Waals surface area contributed by atoms with Crippen molar-refractivity contribution in [3.05, 3.63) is 63.7 Å². The van der Waals surface area contributed by atoms with Crippen molar-refractivity contribution in [1.82, 2.24) is 4.57 Å². The van der Waals surface area contributed by atoms with Crippen LogP contribution in [0.2, 0.25) is 0 Å². The van der Waals surface area contributed by atoms with E-state index < -0.39 is 0 Å². The van der Waals surface area contributed by atoms with Crippen LogP contribution in [0.1, 0.15) is 23.6 Å². The van der Waals surface area contributed by atoms with Gasteiger partial charge in [0.1, 0.15) is 5.82 Å². The van der Waals surface area contributed by atoms with Crippen LogP contribution in [0.4, 0.5) is 4.39 Å². The number of halogens is 1. The Balaban J connectivity index is 1.98. The molecule has 0 fully saturated rings. The molecule has 0 bridgehead atoms. The smallest absolute Gasteiger partial charge is 0.252 e. The molecule has 1 amide bonds. The second-order valence-electron chi connectivity index (χ2n) is 6.43. The maximum absolute atomic E-state index is 14.4. The van der Waals surface area contributed by atoms with Gasteiger partial charge >= 0.3 is 0 Å². The number of thiazole rings is 1. The third kappa shape index (κ3) is 4.51. The number of ether oxygens (including phenoxy) is 1. The Hall–Kier alpha value is -2.31. The van der Waals surface area contributed by atoms with E-state index in [0.717, 1.165) is 21.4 Å². The Morgan fingerprint density at radius 3 is 2.85 bits per heavy atom. The molecule has 3 rings (SSSR count). The molecule has 142 valence electrons. The average molecular weight is 386 g/mol. The van der Waals surface area contributed by atoms with Crippen molar-refractivity contribution in [2.75, 3.05) is 13.2 Å². The summed E-state index contributed by atoms with van der Waals surface area (Å²) in [6.45, 7) is 7.37. The summed E-state index contributed by atoms with van der Waals surface area (Å²) in [4.78, 5) is 17.4. The normalized spacial score (nSPS) is 12.1. The minimum Gasteiger partial charge on any atom is -0.380 e. The fraction of sp³-hybridized carbons (Fsp3) is 0.333. The quantitative estimate of drug-likeness (QED) is 0.597. The van der Waals surface area contributed by atoms with Gasteiger partial charge in [-0.05, 0) is 44.0 Å². The molecule has 0 aliphatic rings. The Labute approximate surface area is 161 Å². The van der Waals surface area contributed by atoms with Crippen LogP contribution in [-0.4, -0.2) is 23.7 Å². The van der Waals surface area contributed by atoms with Crippen molar-refractivity contribution in [3.63, 3.8) is 0 Å². The first-order chi connectivity index (χ1) is 13.0. The van der Waals surface area contributed by atoms with Gasteiger partial charge < -0.3 is 9.30 Å². The molecule has 2 aromatic carbocycles. The summed E-state index contributed by atoms with van der Waals surface area (Å²) in [7, 11) is 0. The van der Waals surface area contributed by atoms with E-state index in [2.05, 4.69) is 4.99 Å². The highest BCUT2D eigenvalue weighted by atomic mass is 32.1. The van der Waals surface area contributed by atoms with Gasteiger partial charge in [0.2, 0.25) is 0 Å². The zero-order valence-electron chi connectivity index (χ0n) is 15.8. The largest absolute Gasteiger partial charge is 0.380 e. The van der Waals surface area contributed by atoms with Crippen LogP contribution in [-0.2, 0) is 22.5 Å². The minimum atomic E-state index is -0.316. The first-order valence-corrected chi connectivity index (χ1v) is 9.80. The second-order valence-corrected chi connectivity index (χ2v) is 7.44. The number of aromatic nitrogens is 1. The second kappa shape index (κ2) is 8.59. The zero-order chi connectivity index (χ0) is 19.4. The van der Waals surface area contributed by atoms with Crippen LogP contribution in [0.3, 0.4) is 0 Å². The predicted octanol–water partition coefficient (Wildman–Crippen LogP) is 4.17. The number of rotatable bonds is 6. The molecule has 0 saturated carbocycles. The third-order valence-electron chi connectivity index (χ3n) is 4.38. The van der Waals surface area contributed by atoms with E-state index in [1.807, 2.05) is 45.0 Å². The summed E-state index contributed by atoms with van der Waals surface area (Å²) in [5.74, 6) is -0.551. The van der Waals surface area contributed by atoms with Gasteiger partial charge in [-0.3, -0.25) is 4.79 Å². The number of aryl methyl sites for hydroxylation is 2. The number of hydrogen-bond acceptors (Lipinski definition) is 3. The highest BCUT2D eigenvalue weighted by molar-refractivity contribution is 7.16. The number of nitrogens with zero attached hydrogens (tertiary/aromatic N) is 2. The van der Waals surface area contributed by atoms with Crippen LogP contribution in [0.5, 0.6) is 0 Å². The highest BCUT2D eigenvalue weighted by Gasteiger charge is 2.12. The van der Waals surface area contributed by atoms with Gasteiger partial charge in [-0.25, -0.2) is 4.39 Å². The lowest BCUT2D eigenvalue weighted by Gasteiger charge is -2.06. The van der Waals surface area contributed by atoms with Gasteiger partial charge in [-0.1, -0.05) is 41.2 Å². The standard InChI is InChI=1S/C21H23FN2O2S/c1-4-26-11-10-24-20-17(22)6-5-7-18(20)27-21(24)23-19(25)13-16-12-14(2)8-9-15(16)3/h5-9,12H,4,10-11,13H2,1-3H3. The molecule has 1 aromatic heterocycles. The van der Waals surface area contributed by atoms with Gasteiger partial charge in [-0.2, -0.15) is 4.99 Å². The Kier molecular flexibility index (Phi) is 6.19. The molecule has 27 heavy (non-hydrogen) atoms. The van der Waals surface area contributed by atoms with Crippen LogP contribution in [0.15, 0.2) is 41.4 Å². The van der Waals surface area contributed by atoms with Gasteiger partial charge in [-0.15, -0.1) is 0 Å². The van der Waals surface area contributed by atoms with Crippen molar-refractivity contribution in [1.29, 1.82) is 0 Å². The number of carbonyl (C=O) groups is 1. The molecule has 0 unspecified atom stereocenters. The van der Waals surface area contributed by atoms with Gasteiger partial charge in [0, 0.05) is 13.2 Å². The SMILES string of the molecule is CCOCCn1c(=NC(=O)Cc2cc(C)ccc2C)sc2cccc(F)c21. The monoisotopic (exact) mass is 386 g/mol. The fourth-order valence-corrected chi connectivity index (χ4v) is 4.07. The van der Waals surface area contributed by atoms with E-state index in [4.69, 9.17) is 4.74 Å². The molecule has 0 atom stereocenters. The first kappa shape index (κ1) is 19.5. The first-order valence-electron chi connectivity index (χ1n) is 8.99. The lowest BCUT2D eigenvalue weighted by Crippen LogP contribution is -2.20. The summed E-state index contributed by atoms with van der Waals surface area (Å²) < 4.78 is 22.3. The van der Waals surface area contributed by atoms with E-state index >= 15 is 0 Å². The van der Waals surface area contributed by atoms with Crippen molar-refractivity contribution >= 4 is 27.5 Å². The Bertz CT molecular complexity index is 1040. The molecule has 0 radical (unpaired) electrons. The van der Waals surface area contributed by atoms with Crippen molar-refractivity contribution in [2.24, 2.45) is 4.99 Å². The molecule has 0 aliphatic carbocycles. The highest BCUT2D eigenvalue weighted by Crippen LogP contribution is 2.20. The lowest BCUT2D eigenvalue weighted by molar-refractivity contribution is -0.117. The van der Waals surface area contributed by atoms with Gasteiger partial charge in [0.15, 0.2) is 4.80 Å². The maximum Gasteiger partial charge on any atom is 0.252 e. The molecular formula is C21H23FN2O2S. The number of carbonyl (C=O) groups excluding carboxylic acids is 1. The molecule has 6 heteroatoms.